The minimum absolute atomic E-state index is 0.0836. The number of carbonyl (C=O) groups excluding carboxylic acids is 3. The maximum absolute atomic E-state index is 12.8. The molecule has 1 saturated heterocycles. The number of nitrogens with two attached hydrogens (primary N) is 2. The lowest BCUT2D eigenvalue weighted by molar-refractivity contribution is -0.126. The lowest BCUT2D eigenvalue weighted by Gasteiger charge is -2.24. The maximum Gasteiger partial charge on any atom is 0.410 e. The van der Waals surface area contributed by atoms with Crippen molar-refractivity contribution in [1.82, 2.24) is 24.8 Å². The van der Waals surface area contributed by atoms with E-state index in [0.29, 0.717) is 42.5 Å². The summed E-state index contributed by atoms with van der Waals surface area (Å²) in [6.45, 7) is 3.99. The van der Waals surface area contributed by atoms with Crippen LogP contribution in [0.15, 0.2) is 35.7 Å². The highest BCUT2D eigenvalue weighted by Gasteiger charge is 2.34. The quantitative estimate of drug-likeness (QED) is 0.355. The first-order chi connectivity index (χ1) is 17.6. The minimum Gasteiger partial charge on any atom is -0.443 e. The third kappa shape index (κ3) is 6.24. The van der Waals surface area contributed by atoms with E-state index in [-0.39, 0.29) is 19.1 Å². The monoisotopic (exact) mass is 529 g/mol. The first kappa shape index (κ1) is 26.5. The Morgan fingerprint density at radius 1 is 1.22 bits per heavy atom. The molecule has 2 atom stereocenters. The zero-order chi connectivity index (χ0) is 26.6. The fourth-order valence-electron chi connectivity index (χ4n) is 4.02. The van der Waals surface area contributed by atoms with E-state index in [4.69, 9.17) is 20.9 Å². The van der Waals surface area contributed by atoms with Gasteiger partial charge in [-0.3, -0.25) is 18.9 Å². The van der Waals surface area contributed by atoms with Crippen molar-refractivity contribution in [3.05, 3.63) is 52.8 Å². The molecule has 1 aliphatic heterocycles. The van der Waals surface area contributed by atoms with Crippen LogP contribution in [0.3, 0.4) is 0 Å². The molecule has 0 radical (unpaired) electrons. The molecule has 198 valence electrons. The maximum atomic E-state index is 12.8. The number of carbonyl (C=O) groups is 3. The molecule has 3 heterocycles. The van der Waals surface area contributed by atoms with Crippen LogP contribution in [0.2, 0.25) is 0 Å². The van der Waals surface area contributed by atoms with Gasteiger partial charge >= 0.3 is 6.09 Å². The average molecular weight is 530 g/mol. The number of ether oxygens (including phenoxy) is 2. The Morgan fingerprint density at radius 3 is 2.68 bits per heavy atom. The molecule has 5 N–H and O–H groups in total. The molecule has 3 aromatic rings. The van der Waals surface area contributed by atoms with Gasteiger partial charge < -0.3 is 26.3 Å². The SMILES string of the molecule is CC(C)(N)C(=O)N[C@H](COCc1ccccc1)c1nnc2scc(COC(=O)N3CCC[C@@H]3C(N)=O)n12. The van der Waals surface area contributed by atoms with E-state index in [0.717, 1.165) is 5.56 Å². The van der Waals surface area contributed by atoms with Crippen LogP contribution >= 0.6 is 11.3 Å². The van der Waals surface area contributed by atoms with Gasteiger partial charge in [0.15, 0.2) is 5.82 Å². The van der Waals surface area contributed by atoms with Crippen molar-refractivity contribution in [3.63, 3.8) is 0 Å². The molecule has 1 fully saturated rings. The molecular weight excluding hydrogens is 498 g/mol. The van der Waals surface area contributed by atoms with E-state index < -0.39 is 29.6 Å². The van der Waals surface area contributed by atoms with Gasteiger partial charge in [-0.15, -0.1) is 21.5 Å². The Morgan fingerprint density at radius 2 is 1.97 bits per heavy atom. The number of nitrogens with zero attached hydrogens (tertiary/aromatic N) is 4. The average Bonchev–Trinajstić information content (AvgIpc) is 3.59. The number of amides is 3. The van der Waals surface area contributed by atoms with Crippen LogP contribution in [0, 0.1) is 0 Å². The van der Waals surface area contributed by atoms with Gasteiger partial charge in [0.25, 0.3) is 0 Å². The number of benzene rings is 1. The van der Waals surface area contributed by atoms with Crippen molar-refractivity contribution < 1.29 is 23.9 Å². The second-order valence-corrected chi connectivity index (χ2v) is 10.3. The van der Waals surface area contributed by atoms with Gasteiger partial charge in [0.05, 0.1) is 24.4 Å². The summed E-state index contributed by atoms with van der Waals surface area (Å²) in [6, 6.07) is 8.32. The van der Waals surface area contributed by atoms with Gasteiger partial charge in [0, 0.05) is 11.9 Å². The second-order valence-electron chi connectivity index (χ2n) is 9.46. The zero-order valence-electron chi connectivity index (χ0n) is 20.8. The third-order valence-electron chi connectivity index (χ3n) is 6.00. The van der Waals surface area contributed by atoms with E-state index in [1.165, 1.54) is 16.2 Å². The lowest BCUT2D eigenvalue weighted by Crippen LogP contribution is -2.51. The van der Waals surface area contributed by atoms with Gasteiger partial charge in [-0.25, -0.2) is 4.79 Å². The third-order valence-corrected chi connectivity index (χ3v) is 6.87. The summed E-state index contributed by atoms with van der Waals surface area (Å²) in [4.78, 5) is 39.0. The van der Waals surface area contributed by atoms with Crippen molar-refractivity contribution in [2.45, 2.75) is 57.5 Å². The van der Waals surface area contributed by atoms with E-state index in [1.807, 2.05) is 30.3 Å². The van der Waals surface area contributed by atoms with Crippen LogP contribution in [-0.2, 0) is 32.3 Å². The fourth-order valence-corrected chi connectivity index (χ4v) is 4.84. The molecule has 13 heteroatoms. The molecule has 12 nitrogen and oxygen atoms in total. The number of fused-ring (bicyclic) bond motifs is 1. The molecule has 0 spiro atoms. The Labute approximate surface area is 217 Å². The zero-order valence-corrected chi connectivity index (χ0v) is 21.6. The van der Waals surface area contributed by atoms with Gasteiger partial charge in [0.1, 0.15) is 18.7 Å². The first-order valence-corrected chi connectivity index (χ1v) is 12.8. The molecule has 4 rings (SSSR count). The summed E-state index contributed by atoms with van der Waals surface area (Å²) in [5, 5.41) is 13.2. The Hall–Kier alpha value is -3.55. The summed E-state index contributed by atoms with van der Waals surface area (Å²) < 4.78 is 13.2. The number of hydrogen-bond acceptors (Lipinski definition) is 9. The summed E-state index contributed by atoms with van der Waals surface area (Å²) in [6.07, 6.45) is 0.587. The highest BCUT2D eigenvalue weighted by molar-refractivity contribution is 7.15. The van der Waals surface area contributed by atoms with Gasteiger partial charge in [0.2, 0.25) is 16.8 Å². The smallest absolute Gasteiger partial charge is 0.410 e. The topological polar surface area (TPSA) is 167 Å². The van der Waals surface area contributed by atoms with Gasteiger partial charge in [-0.1, -0.05) is 30.3 Å². The standard InChI is InChI=1S/C24H31N7O5S/c1-24(2,26)21(33)27-17(13-35-11-15-7-4-3-5-8-15)20-28-29-22-31(20)16(14-37-22)12-36-23(34)30-10-6-9-18(30)19(25)32/h3-5,7-8,14,17-18H,6,9-13,26H2,1-2H3,(H2,25,32)(H,27,33)/t17-,18-/m1/s1. The molecule has 1 aliphatic rings. The van der Waals surface area contributed by atoms with Gasteiger partial charge in [-0.05, 0) is 32.3 Å². The fraction of sp³-hybridized carbons (Fsp3) is 0.458. The molecule has 0 bridgehead atoms. The van der Waals surface area contributed by atoms with Crippen molar-refractivity contribution in [1.29, 1.82) is 0 Å². The Balaban J connectivity index is 1.52. The highest BCUT2D eigenvalue weighted by atomic mass is 32.1. The predicted octanol–water partition coefficient (Wildman–Crippen LogP) is 1.49. The van der Waals surface area contributed by atoms with Crippen LogP contribution in [0.25, 0.3) is 4.96 Å². The number of likely N-dealkylation sites (tertiary alicyclic amines) is 1. The number of rotatable bonds is 10. The van der Waals surface area contributed by atoms with E-state index in [1.54, 1.807) is 23.6 Å². The largest absolute Gasteiger partial charge is 0.443 e. The molecule has 1 aromatic carbocycles. The molecule has 2 aromatic heterocycles. The molecule has 0 unspecified atom stereocenters. The number of hydrogen-bond donors (Lipinski definition) is 3. The van der Waals surface area contributed by atoms with Crippen molar-refractivity contribution in [2.24, 2.45) is 11.5 Å². The Kier molecular flexibility index (Phi) is 8.05. The van der Waals surface area contributed by atoms with Gasteiger partial charge in [-0.2, -0.15) is 0 Å². The first-order valence-electron chi connectivity index (χ1n) is 11.9. The molecule has 0 saturated carbocycles. The predicted molar refractivity (Wildman–Crippen MR) is 135 cm³/mol. The number of thiazole rings is 1. The van der Waals surface area contributed by atoms with Crippen molar-refractivity contribution >= 4 is 34.2 Å². The van der Waals surface area contributed by atoms with Crippen molar-refractivity contribution in [3.8, 4) is 0 Å². The summed E-state index contributed by atoms with van der Waals surface area (Å²) >= 11 is 1.32. The summed E-state index contributed by atoms with van der Waals surface area (Å²) in [7, 11) is 0. The molecule has 0 aliphatic carbocycles. The lowest BCUT2D eigenvalue weighted by atomic mass is 10.1. The van der Waals surface area contributed by atoms with E-state index >= 15 is 0 Å². The van der Waals surface area contributed by atoms with Crippen LogP contribution in [0.1, 0.15) is 49.8 Å². The molecule has 37 heavy (non-hydrogen) atoms. The number of aromatic nitrogens is 3. The van der Waals surface area contributed by atoms with Crippen LogP contribution in [0.5, 0.6) is 0 Å². The summed E-state index contributed by atoms with van der Waals surface area (Å²) in [5.74, 6) is -0.512. The van der Waals surface area contributed by atoms with Crippen LogP contribution in [0.4, 0.5) is 4.79 Å². The number of primary amides is 1. The minimum atomic E-state index is -1.12. The second kappa shape index (κ2) is 11.2. The van der Waals surface area contributed by atoms with E-state index in [9.17, 15) is 14.4 Å². The van der Waals surface area contributed by atoms with Crippen molar-refractivity contribution in [2.75, 3.05) is 13.2 Å². The summed E-state index contributed by atoms with van der Waals surface area (Å²) in [5.41, 5.74) is 11.9. The highest BCUT2D eigenvalue weighted by Crippen LogP contribution is 2.24. The normalized spacial score (nSPS) is 16.6. The van der Waals surface area contributed by atoms with Crippen LogP contribution in [-0.4, -0.2) is 62.1 Å². The molecular formula is C24H31N7O5S. The Bertz CT molecular complexity index is 1250. The van der Waals surface area contributed by atoms with Crippen LogP contribution < -0.4 is 16.8 Å². The number of nitrogens with one attached hydrogen (secondary N) is 1. The molecule has 3 amide bonds. The van der Waals surface area contributed by atoms with E-state index in [2.05, 4.69) is 15.5 Å².